The Balaban J connectivity index is 5.14. The molecular formula is C14H24O5. The summed E-state index contributed by atoms with van der Waals surface area (Å²) in [6, 6.07) is 0. The average Bonchev–Trinajstić information content (AvgIpc) is 2.22. The maximum Gasteiger partial charge on any atom is 0.303 e. The molecule has 0 saturated carbocycles. The summed E-state index contributed by atoms with van der Waals surface area (Å²) in [4.78, 5) is 33.9. The summed E-state index contributed by atoms with van der Waals surface area (Å²) in [5.41, 5.74) is 0. The molecule has 0 spiro atoms. The first-order valence-corrected chi connectivity index (χ1v) is 6.62. The van der Waals surface area contributed by atoms with E-state index in [0.29, 0.717) is 6.42 Å². The predicted molar refractivity (Wildman–Crippen MR) is 70.8 cm³/mol. The zero-order chi connectivity index (χ0) is 15.2. The summed E-state index contributed by atoms with van der Waals surface area (Å²) in [7, 11) is 0. The van der Waals surface area contributed by atoms with Crippen LogP contribution >= 0.6 is 0 Å². The number of carbonyl (C=O) groups excluding carboxylic acids is 1. The highest BCUT2D eigenvalue weighted by Gasteiger charge is 2.33. The van der Waals surface area contributed by atoms with E-state index in [-0.39, 0.29) is 30.5 Å². The molecule has 1 atom stereocenters. The molecule has 19 heavy (non-hydrogen) atoms. The minimum atomic E-state index is -1.06. The number of aliphatic carboxylic acids is 2. The molecule has 0 bridgehead atoms. The highest BCUT2D eigenvalue weighted by atomic mass is 16.4. The molecule has 0 rings (SSSR count). The van der Waals surface area contributed by atoms with Crippen molar-refractivity contribution < 1.29 is 24.6 Å². The second-order valence-corrected chi connectivity index (χ2v) is 5.75. The van der Waals surface area contributed by atoms with Gasteiger partial charge in [0.25, 0.3) is 0 Å². The number of hydrogen-bond donors (Lipinski definition) is 2. The SMILES string of the molecule is CC(C)CC(C(=O)C(C)C)C(CC(=O)O)CC(=O)O. The van der Waals surface area contributed by atoms with Crippen LogP contribution in [-0.4, -0.2) is 27.9 Å². The van der Waals surface area contributed by atoms with Gasteiger partial charge in [-0.15, -0.1) is 0 Å². The molecule has 0 aromatic carbocycles. The molecule has 0 aliphatic rings. The molecule has 2 N–H and O–H groups in total. The van der Waals surface area contributed by atoms with E-state index in [4.69, 9.17) is 10.2 Å². The summed E-state index contributed by atoms with van der Waals surface area (Å²) in [6.07, 6.45) is -0.0213. The second kappa shape index (κ2) is 7.92. The molecule has 5 heteroatoms. The van der Waals surface area contributed by atoms with Crippen LogP contribution < -0.4 is 0 Å². The summed E-state index contributed by atoms with van der Waals surface area (Å²) in [6.45, 7) is 7.40. The van der Waals surface area contributed by atoms with Gasteiger partial charge in [-0.05, 0) is 18.3 Å². The quantitative estimate of drug-likeness (QED) is 0.672. The van der Waals surface area contributed by atoms with Gasteiger partial charge in [-0.2, -0.15) is 0 Å². The van der Waals surface area contributed by atoms with Crippen molar-refractivity contribution >= 4 is 17.7 Å². The monoisotopic (exact) mass is 272 g/mol. The van der Waals surface area contributed by atoms with Gasteiger partial charge in [-0.3, -0.25) is 14.4 Å². The van der Waals surface area contributed by atoms with Gasteiger partial charge in [0.15, 0.2) is 0 Å². The van der Waals surface area contributed by atoms with E-state index >= 15 is 0 Å². The Labute approximate surface area is 114 Å². The molecule has 0 amide bonds. The minimum Gasteiger partial charge on any atom is -0.481 e. The molecule has 110 valence electrons. The van der Waals surface area contributed by atoms with E-state index in [9.17, 15) is 14.4 Å². The first-order chi connectivity index (χ1) is 8.65. The Morgan fingerprint density at radius 2 is 1.32 bits per heavy atom. The fraction of sp³-hybridized carbons (Fsp3) is 0.786. The number of carbonyl (C=O) groups is 3. The number of ketones is 1. The average molecular weight is 272 g/mol. The maximum absolute atomic E-state index is 12.2. The lowest BCUT2D eigenvalue weighted by Gasteiger charge is -2.26. The van der Waals surface area contributed by atoms with E-state index in [2.05, 4.69) is 0 Å². The Morgan fingerprint density at radius 1 is 0.895 bits per heavy atom. The third kappa shape index (κ3) is 6.94. The Kier molecular flexibility index (Phi) is 7.34. The molecule has 0 aliphatic carbocycles. The van der Waals surface area contributed by atoms with Crippen LogP contribution in [0.3, 0.4) is 0 Å². The largest absolute Gasteiger partial charge is 0.481 e. The Hall–Kier alpha value is -1.39. The van der Waals surface area contributed by atoms with Crippen LogP contribution in [-0.2, 0) is 14.4 Å². The van der Waals surface area contributed by atoms with Crippen LogP contribution in [0.2, 0.25) is 0 Å². The third-order valence-electron chi connectivity index (χ3n) is 3.10. The fourth-order valence-corrected chi connectivity index (χ4v) is 2.28. The summed E-state index contributed by atoms with van der Waals surface area (Å²) >= 11 is 0. The van der Waals surface area contributed by atoms with Gasteiger partial charge in [0, 0.05) is 24.7 Å². The van der Waals surface area contributed by atoms with Crippen molar-refractivity contribution in [1.29, 1.82) is 0 Å². The van der Waals surface area contributed by atoms with Crippen molar-refractivity contribution in [3.05, 3.63) is 0 Å². The molecule has 0 aliphatic heterocycles. The molecule has 0 radical (unpaired) electrons. The number of rotatable bonds is 9. The fourth-order valence-electron chi connectivity index (χ4n) is 2.28. The van der Waals surface area contributed by atoms with E-state index in [1.165, 1.54) is 0 Å². The topological polar surface area (TPSA) is 91.7 Å². The van der Waals surface area contributed by atoms with Crippen molar-refractivity contribution in [2.45, 2.75) is 47.0 Å². The zero-order valence-electron chi connectivity index (χ0n) is 12.0. The lowest BCUT2D eigenvalue weighted by Crippen LogP contribution is -2.31. The third-order valence-corrected chi connectivity index (χ3v) is 3.10. The van der Waals surface area contributed by atoms with Gasteiger partial charge in [-0.25, -0.2) is 0 Å². The second-order valence-electron chi connectivity index (χ2n) is 5.75. The highest BCUT2D eigenvalue weighted by molar-refractivity contribution is 5.84. The van der Waals surface area contributed by atoms with Crippen molar-refractivity contribution in [2.24, 2.45) is 23.7 Å². The zero-order valence-corrected chi connectivity index (χ0v) is 12.0. The minimum absolute atomic E-state index is 0.0406. The van der Waals surface area contributed by atoms with E-state index in [1.54, 1.807) is 13.8 Å². The van der Waals surface area contributed by atoms with Gasteiger partial charge in [-0.1, -0.05) is 27.7 Å². The smallest absolute Gasteiger partial charge is 0.303 e. The first kappa shape index (κ1) is 17.6. The number of carboxylic acids is 2. The van der Waals surface area contributed by atoms with Crippen LogP contribution in [0.5, 0.6) is 0 Å². The van der Waals surface area contributed by atoms with Gasteiger partial charge < -0.3 is 10.2 Å². The molecule has 0 aromatic heterocycles. The number of Topliss-reactive ketones (excluding diaryl/α,β-unsaturated/α-hetero) is 1. The van der Waals surface area contributed by atoms with E-state index in [0.717, 1.165) is 0 Å². The van der Waals surface area contributed by atoms with Gasteiger partial charge in [0.1, 0.15) is 5.78 Å². The van der Waals surface area contributed by atoms with E-state index in [1.807, 2.05) is 13.8 Å². The van der Waals surface area contributed by atoms with Crippen molar-refractivity contribution in [3.8, 4) is 0 Å². The molecule has 0 fully saturated rings. The van der Waals surface area contributed by atoms with Gasteiger partial charge in [0.05, 0.1) is 0 Å². The van der Waals surface area contributed by atoms with Crippen molar-refractivity contribution in [1.82, 2.24) is 0 Å². The van der Waals surface area contributed by atoms with Gasteiger partial charge in [0.2, 0.25) is 0 Å². The Bertz CT molecular complexity index is 317. The number of hydrogen-bond acceptors (Lipinski definition) is 3. The Morgan fingerprint density at radius 3 is 1.58 bits per heavy atom. The van der Waals surface area contributed by atoms with Crippen molar-refractivity contribution in [2.75, 3.05) is 0 Å². The molecule has 1 unspecified atom stereocenters. The molecule has 0 aromatic rings. The van der Waals surface area contributed by atoms with Crippen LogP contribution in [0.4, 0.5) is 0 Å². The van der Waals surface area contributed by atoms with Gasteiger partial charge >= 0.3 is 11.9 Å². The normalized spacial score (nSPS) is 13.0. The molecule has 0 saturated heterocycles. The summed E-state index contributed by atoms with van der Waals surface area (Å²) in [5, 5.41) is 17.8. The predicted octanol–water partition coefficient (Wildman–Crippen LogP) is 2.44. The first-order valence-electron chi connectivity index (χ1n) is 6.62. The highest BCUT2D eigenvalue weighted by Crippen LogP contribution is 2.29. The lowest BCUT2D eigenvalue weighted by molar-refractivity contribution is -0.142. The molecular weight excluding hydrogens is 248 g/mol. The number of carboxylic acid groups (broad SMARTS) is 2. The van der Waals surface area contributed by atoms with Crippen LogP contribution in [0, 0.1) is 23.7 Å². The summed E-state index contributed by atoms with van der Waals surface area (Å²) in [5.74, 6) is -3.28. The standard InChI is InChI=1S/C14H24O5/c1-8(2)5-11(14(19)9(3)4)10(6-12(15)16)7-13(17)18/h8-11H,5-7H2,1-4H3,(H,15,16)(H,17,18). The van der Waals surface area contributed by atoms with Crippen molar-refractivity contribution in [3.63, 3.8) is 0 Å². The molecule has 0 heterocycles. The van der Waals surface area contributed by atoms with Crippen LogP contribution in [0.25, 0.3) is 0 Å². The lowest BCUT2D eigenvalue weighted by atomic mass is 9.76. The summed E-state index contributed by atoms with van der Waals surface area (Å²) < 4.78 is 0. The molecule has 5 nitrogen and oxygen atoms in total. The van der Waals surface area contributed by atoms with E-state index < -0.39 is 23.8 Å². The van der Waals surface area contributed by atoms with Crippen LogP contribution in [0.1, 0.15) is 47.0 Å². The van der Waals surface area contributed by atoms with Crippen LogP contribution in [0.15, 0.2) is 0 Å². The maximum atomic E-state index is 12.2.